The molecule has 1 aromatic rings. The highest BCUT2D eigenvalue weighted by Crippen LogP contribution is 2.35. The van der Waals surface area contributed by atoms with E-state index < -0.39 is 0 Å². The lowest BCUT2D eigenvalue weighted by atomic mass is 9.76. The molecule has 1 aliphatic heterocycles. The van der Waals surface area contributed by atoms with Crippen molar-refractivity contribution in [2.45, 2.75) is 30.6 Å². The zero-order valence-corrected chi connectivity index (χ0v) is 14.1. The number of alkyl halides is 1. The average Bonchev–Trinajstić information content (AvgIpc) is 2.89. The van der Waals surface area contributed by atoms with E-state index in [9.17, 15) is 4.79 Å². The molecule has 1 fully saturated rings. The van der Waals surface area contributed by atoms with Crippen LogP contribution < -0.4 is 5.32 Å². The number of Topliss-reactive ketones (excluding diaryl/α,β-unsaturated/α-hetero) is 1. The Morgan fingerprint density at radius 1 is 1.53 bits per heavy atom. The summed E-state index contributed by atoms with van der Waals surface area (Å²) in [5.74, 6) is 0.280. The second-order valence-electron chi connectivity index (χ2n) is 5.23. The van der Waals surface area contributed by atoms with Gasteiger partial charge in [-0.05, 0) is 43.1 Å². The molecule has 1 saturated heterocycles. The molecule has 19 heavy (non-hydrogen) atoms. The SMILES string of the molecule is CCC[C@]1(C(=O)c2ccc(Cl)c(CI)c2)CCNC1. The number of hydrogen-bond donors (Lipinski definition) is 1. The van der Waals surface area contributed by atoms with Gasteiger partial charge in [-0.1, -0.05) is 47.5 Å². The number of rotatable bonds is 5. The van der Waals surface area contributed by atoms with Gasteiger partial charge in [0.2, 0.25) is 0 Å². The lowest BCUT2D eigenvalue weighted by Crippen LogP contribution is -2.33. The number of carbonyl (C=O) groups excluding carboxylic acids is 1. The van der Waals surface area contributed by atoms with Gasteiger partial charge in [-0.15, -0.1) is 0 Å². The summed E-state index contributed by atoms with van der Waals surface area (Å²) < 4.78 is 0.830. The molecule has 1 atom stereocenters. The second kappa shape index (κ2) is 6.55. The number of nitrogens with one attached hydrogen (secondary N) is 1. The van der Waals surface area contributed by atoms with Crippen LogP contribution >= 0.6 is 34.2 Å². The molecule has 1 heterocycles. The van der Waals surface area contributed by atoms with Crippen molar-refractivity contribution in [1.82, 2.24) is 5.32 Å². The van der Waals surface area contributed by atoms with Gasteiger partial charge in [-0.3, -0.25) is 4.79 Å². The maximum atomic E-state index is 12.9. The highest BCUT2D eigenvalue weighted by atomic mass is 127. The normalized spacial score (nSPS) is 22.7. The topological polar surface area (TPSA) is 29.1 Å². The van der Waals surface area contributed by atoms with Crippen LogP contribution in [0.4, 0.5) is 0 Å². The largest absolute Gasteiger partial charge is 0.316 e. The molecule has 104 valence electrons. The lowest BCUT2D eigenvalue weighted by Gasteiger charge is -2.26. The van der Waals surface area contributed by atoms with Crippen molar-refractivity contribution >= 4 is 40.0 Å². The fourth-order valence-corrected chi connectivity index (χ4v) is 3.91. The van der Waals surface area contributed by atoms with Crippen molar-refractivity contribution in [3.8, 4) is 0 Å². The molecule has 0 radical (unpaired) electrons. The zero-order chi connectivity index (χ0) is 13.9. The first-order valence-electron chi connectivity index (χ1n) is 6.73. The third-order valence-corrected chi connectivity index (χ3v) is 5.10. The van der Waals surface area contributed by atoms with Crippen LogP contribution in [0.5, 0.6) is 0 Å². The van der Waals surface area contributed by atoms with E-state index in [1.54, 1.807) is 0 Å². The van der Waals surface area contributed by atoms with Crippen molar-refractivity contribution in [1.29, 1.82) is 0 Å². The Kier molecular flexibility index (Phi) is 5.26. The molecule has 2 rings (SSSR count). The first-order valence-corrected chi connectivity index (χ1v) is 8.63. The van der Waals surface area contributed by atoms with E-state index in [1.165, 1.54) is 0 Å². The molecule has 1 aromatic carbocycles. The summed E-state index contributed by atoms with van der Waals surface area (Å²) in [4.78, 5) is 12.9. The summed E-state index contributed by atoms with van der Waals surface area (Å²) in [6, 6.07) is 5.69. The van der Waals surface area contributed by atoms with Crippen molar-refractivity contribution in [3.05, 3.63) is 34.3 Å². The monoisotopic (exact) mass is 391 g/mol. The van der Waals surface area contributed by atoms with E-state index in [4.69, 9.17) is 11.6 Å². The third kappa shape index (κ3) is 3.14. The standard InChI is InChI=1S/C15H19ClINO/c1-2-5-15(6-7-18-10-15)14(19)11-3-4-13(16)12(8-11)9-17/h3-4,8,18H,2,5-7,9-10H2,1H3/t15-/m0/s1. The van der Waals surface area contributed by atoms with E-state index in [1.807, 2.05) is 18.2 Å². The van der Waals surface area contributed by atoms with Crippen LogP contribution in [0.1, 0.15) is 42.1 Å². The average molecular weight is 392 g/mol. The number of ketones is 1. The van der Waals surface area contributed by atoms with Gasteiger partial charge in [0.15, 0.2) is 5.78 Å². The maximum absolute atomic E-state index is 12.9. The number of halogens is 2. The van der Waals surface area contributed by atoms with Crippen LogP contribution in [0, 0.1) is 5.41 Å². The molecule has 0 aromatic heterocycles. The maximum Gasteiger partial charge on any atom is 0.170 e. The van der Waals surface area contributed by atoms with Crippen LogP contribution in [0.25, 0.3) is 0 Å². The summed E-state index contributed by atoms with van der Waals surface area (Å²) in [5.41, 5.74) is 1.66. The summed E-state index contributed by atoms with van der Waals surface area (Å²) >= 11 is 8.41. The highest BCUT2D eigenvalue weighted by molar-refractivity contribution is 14.1. The fraction of sp³-hybridized carbons (Fsp3) is 0.533. The molecule has 1 N–H and O–H groups in total. The molecule has 0 amide bonds. The Bertz CT molecular complexity index is 469. The lowest BCUT2D eigenvalue weighted by molar-refractivity contribution is 0.0801. The predicted molar refractivity (Wildman–Crippen MR) is 88.3 cm³/mol. The van der Waals surface area contributed by atoms with Crippen LogP contribution in [0.3, 0.4) is 0 Å². The fourth-order valence-electron chi connectivity index (χ4n) is 2.87. The minimum atomic E-state index is -0.203. The summed E-state index contributed by atoms with van der Waals surface area (Å²) in [6.45, 7) is 3.89. The van der Waals surface area contributed by atoms with E-state index in [-0.39, 0.29) is 11.2 Å². The van der Waals surface area contributed by atoms with Crippen LogP contribution in [0.15, 0.2) is 18.2 Å². The van der Waals surface area contributed by atoms with Crippen molar-refractivity contribution < 1.29 is 4.79 Å². The molecular weight excluding hydrogens is 373 g/mol. The van der Waals surface area contributed by atoms with E-state index >= 15 is 0 Å². The molecule has 2 nitrogen and oxygen atoms in total. The highest BCUT2D eigenvalue weighted by Gasteiger charge is 2.40. The van der Waals surface area contributed by atoms with Gasteiger partial charge in [-0.2, -0.15) is 0 Å². The van der Waals surface area contributed by atoms with Gasteiger partial charge >= 0.3 is 0 Å². The first kappa shape index (κ1) is 15.3. The second-order valence-corrected chi connectivity index (χ2v) is 6.40. The molecule has 0 bridgehead atoms. The molecule has 0 unspecified atom stereocenters. The molecule has 0 spiro atoms. The molecular formula is C15H19ClINO. The quantitative estimate of drug-likeness (QED) is 0.462. The van der Waals surface area contributed by atoms with E-state index in [0.29, 0.717) is 0 Å². The molecule has 4 heteroatoms. The smallest absolute Gasteiger partial charge is 0.170 e. The van der Waals surface area contributed by atoms with Crippen molar-refractivity contribution in [3.63, 3.8) is 0 Å². The number of carbonyl (C=O) groups is 1. The zero-order valence-electron chi connectivity index (χ0n) is 11.1. The van der Waals surface area contributed by atoms with Gasteiger partial charge in [0.05, 0.1) is 0 Å². The minimum Gasteiger partial charge on any atom is -0.316 e. The predicted octanol–water partition coefficient (Wildman–Crippen LogP) is 4.24. The Morgan fingerprint density at radius 2 is 2.32 bits per heavy atom. The van der Waals surface area contributed by atoms with Gasteiger partial charge in [0.1, 0.15) is 0 Å². The molecule has 0 aliphatic carbocycles. The summed E-state index contributed by atoms with van der Waals surface area (Å²) in [5, 5.41) is 4.09. The Balaban J connectivity index is 2.32. The Labute approximate surface area is 133 Å². The van der Waals surface area contributed by atoms with Gasteiger partial charge in [0.25, 0.3) is 0 Å². The molecule has 1 aliphatic rings. The first-order chi connectivity index (χ1) is 9.13. The number of benzene rings is 1. The van der Waals surface area contributed by atoms with Crippen LogP contribution in [0.2, 0.25) is 5.02 Å². The molecule has 0 saturated carbocycles. The van der Waals surface area contributed by atoms with Crippen LogP contribution in [-0.2, 0) is 4.43 Å². The van der Waals surface area contributed by atoms with Crippen LogP contribution in [-0.4, -0.2) is 18.9 Å². The number of hydrogen-bond acceptors (Lipinski definition) is 2. The van der Waals surface area contributed by atoms with Gasteiger partial charge in [0, 0.05) is 27.0 Å². The summed E-state index contributed by atoms with van der Waals surface area (Å²) in [6.07, 6.45) is 2.95. The van der Waals surface area contributed by atoms with Crippen molar-refractivity contribution in [2.75, 3.05) is 13.1 Å². The van der Waals surface area contributed by atoms with E-state index in [2.05, 4.69) is 34.8 Å². The van der Waals surface area contributed by atoms with E-state index in [0.717, 1.165) is 52.9 Å². The van der Waals surface area contributed by atoms with Crippen molar-refractivity contribution in [2.24, 2.45) is 5.41 Å². The van der Waals surface area contributed by atoms with Gasteiger partial charge < -0.3 is 5.32 Å². The Morgan fingerprint density at radius 3 is 2.89 bits per heavy atom. The Hall–Kier alpha value is -0.130. The van der Waals surface area contributed by atoms with Gasteiger partial charge in [-0.25, -0.2) is 0 Å². The minimum absolute atomic E-state index is 0.203. The third-order valence-electron chi connectivity index (χ3n) is 3.91. The summed E-state index contributed by atoms with van der Waals surface area (Å²) in [7, 11) is 0.